The van der Waals surface area contributed by atoms with Crippen LogP contribution in [-0.4, -0.2) is 44.8 Å². The summed E-state index contributed by atoms with van der Waals surface area (Å²) in [6.07, 6.45) is 1.15. The van der Waals surface area contributed by atoms with Crippen LogP contribution in [0.3, 0.4) is 0 Å². The normalized spacial score (nSPS) is 16.9. The number of hydrogen-bond donors (Lipinski definition) is 1. The maximum Gasteiger partial charge on any atom is 0.124 e. The summed E-state index contributed by atoms with van der Waals surface area (Å²) in [6, 6.07) is 17.0. The van der Waals surface area contributed by atoms with Crippen molar-refractivity contribution in [1.29, 1.82) is 0 Å². The molecule has 1 atom stereocenters. The fourth-order valence-corrected chi connectivity index (χ4v) is 3.52. The van der Waals surface area contributed by atoms with Gasteiger partial charge in [0.1, 0.15) is 11.5 Å². The van der Waals surface area contributed by atoms with E-state index in [0.717, 1.165) is 44.1 Å². The van der Waals surface area contributed by atoms with Gasteiger partial charge in [0.25, 0.3) is 0 Å². The zero-order valence-electron chi connectivity index (χ0n) is 15.2. The number of ether oxygens (including phenoxy) is 2. The summed E-state index contributed by atoms with van der Waals surface area (Å²) in [5.74, 6) is 1.86. The van der Waals surface area contributed by atoms with E-state index in [1.54, 1.807) is 7.11 Å². The van der Waals surface area contributed by atoms with Crippen molar-refractivity contribution in [2.24, 2.45) is 0 Å². The van der Waals surface area contributed by atoms with Gasteiger partial charge in [0.2, 0.25) is 0 Å². The number of benzene rings is 2. The van der Waals surface area contributed by atoms with Crippen LogP contribution in [0.5, 0.6) is 11.5 Å². The number of rotatable bonds is 6. The maximum absolute atomic E-state index is 5.94. The molecule has 4 heteroatoms. The van der Waals surface area contributed by atoms with Crippen LogP contribution in [0.4, 0.5) is 0 Å². The Labute approximate surface area is 150 Å². The van der Waals surface area contributed by atoms with Crippen molar-refractivity contribution < 1.29 is 9.47 Å². The van der Waals surface area contributed by atoms with Crippen LogP contribution in [-0.2, 0) is 0 Å². The summed E-state index contributed by atoms with van der Waals surface area (Å²) in [4.78, 5) is 2.55. The number of hydrogen-bond acceptors (Lipinski definition) is 4. The van der Waals surface area contributed by atoms with E-state index in [9.17, 15) is 0 Å². The highest BCUT2D eigenvalue weighted by molar-refractivity contribution is 5.43. The van der Waals surface area contributed by atoms with E-state index in [1.807, 2.05) is 19.1 Å². The molecule has 2 aromatic carbocycles. The molecule has 25 heavy (non-hydrogen) atoms. The quantitative estimate of drug-likeness (QED) is 0.873. The first kappa shape index (κ1) is 17.8. The van der Waals surface area contributed by atoms with Gasteiger partial charge < -0.3 is 14.8 Å². The van der Waals surface area contributed by atoms with E-state index in [4.69, 9.17) is 9.47 Å². The van der Waals surface area contributed by atoms with Gasteiger partial charge in [-0.25, -0.2) is 0 Å². The first-order valence-corrected chi connectivity index (χ1v) is 9.14. The molecule has 1 fully saturated rings. The Morgan fingerprint density at radius 1 is 1.08 bits per heavy atom. The summed E-state index contributed by atoms with van der Waals surface area (Å²) in [6.45, 7) is 6.87. The summed E-state index contributed by atoms with van der Waals surface area (Å²) in [5.41, 5.74) is 2.47. The zero-order valence-corrected chi connectivity index (χ0v) is 15.2. The van der Waals surface area contributed by atoms with E-state index in [0.29, 0.717) is 6.61 Å². The molecule has 0 bridgehead atoms. The highest BCUT2D eigenvalue weighted by Gasteiger charge is 2.26. The standard InChI is InChI=1S/C21H28N2O2/c1-3-25-20-11-5-4-10-19(20)21(23-14-7-12-22-13-15-23)17-8-6-9-18(16-17)24-2/h4-6,8-11,16,21-22H,3,7,12-15H2,1-2H3. The molecule has 1 saturated heterocycles. The zero-order chi connectivity index (χ0) is 17.5. The maximum atomic E-state index is 5.94. The van der Waals surface area contributed by atoms with Crippen molar-refractivity contribution in [3.05, 3.63) is 59.7 Å². The van der Waals surface area contributed by atoms with E-state index < -0.39 is 0 Å². The second-order valence-electron chi connectivity index (χ2n) is 6.29. The average Bonchev–Trinajstić information content (AvgIpc) is 2.93. The van der Waals surface area contributed by atoms with Crippen LogP contribution in [0.2, 0.25) is 0 Å². The van der Waals surface area contributed by atoms with Crippen LogP contribution >= 0.6 is 0 Å². The summed E-state index contributed by atoms with van der Waals surface area (Å²) in [5, 5.41) is 3.50. The minimum atomic E-state index is 0.165. The van der Waals surface area contributed by atoms with Gasteiger partial charge >= 0.3 is 0 Å². The summed E-state index contributed by atoms with van der Waals surface area (Å²) < 4.78 is 11.4. The number of nitrogens with one attached hydrogen (secondary N) is 1. The first-order chi connectivity index (χ1) is 12.3. The first-order valence-electron chi connectivity index (χ1n) is 9.14. The monoisotopic (exact) mass is 340 g/mol. The predicted octanol–water partition coefficient (Wildman–Crippen LogP) is 3.48. The molecule has 0 amide bonds. The average molecular weight is 340 g/mol. The van der Waals surface area contributed by atoms with Crippen molar-refractivity contribution in [3.8, 4) is 11.5 Å². The molecule has 3 rings (SSSR count). The Bertz CT molecular complexity index is 666. The van der Waals surface area contributed by atoms with Crippen molar-refractivity contribution in [2.75, 3.05) is 39.9 Å². The summed E-state index contributed by atoms with van der Waals surface area (Å²) >= 11 is 0. The second-order valence-corrected chi connectivity index (χ2v) is 6.29. The fourth-order valence-electron chi connectivity index (χ4n) is 3.52. The van der Waals surface area contributed by atoms with Gasteiger partial charge in [0.05, 0.1) is 19.8 Å². The molecule has 0 saturated carbocycles. The SMILES string of the molecule is CCOc1ccccc1C(c1cccc(OC)c1)N1CCCNCC1. The Hall–Kier alpha value is -2.04. The Kier molecular flexibility index (Phi) is 6.31. The highest BCUT2D eigenvalue weighted by Crippen LogP contribution is 2.36. The van der Waals surface area contributed by atoms with Crippen molar-refractivity contribution in [2.45, 2.75) is 19.4 Å². The lowest BCUT2D eigenvalue weighted by molar-refractivity contribution is 0.233. The number of methoxy groups -OCH3 is 1. The molecular weight excluding hydrogens is 312 g/mol. The third-order valence-electron chi connectivity index (χ3n) is 4.66. The van der Waals surface area contributed by atoms with Gasteiger partial charge in [-0.15, -0.1) is 0 Å². The molecule has 0 spiro atoms. The lowest BCUT2D eigenvalue weighted by Gasteiger charge is -2.32. The molecule has 0 radical (unpaired) electrons. The molecule has 4 nitrogen and oxygen atoms in total. The van der Waals surface area contributed by atoms with Crippen molar-refractivity contribution in [3.63, 3.8) is 0 Å². The highest BCUT2D eigenvalue weighted by atomic mass is 16.5. The third-order valence-corrected chi connectivity index (χ3v) is 4.66. The van der Waals surface area contributed by atoms with Gasteiger partial charge in [0, 0.05) is 25.2 Å². The smallest absolute Gasteiger partial charge is 0.124 e. The van der Waals surface area contributed by atoms with Gasteiger partial charge in [-0.05, 0) is 43.7 Å². The second kappa shape index (κ2) is 8.88. The van der Waals surface area contributed by atoms with E-state index in [2.05, 4.69) is 46.6 Å². The molecular formula is C21H28N2O2. The lowest BCUT2D eigenvalue weighted by Crippen LogP contribution is -2.33. The largest absolute Gasteiger partial charge is 0.497 e. The molecule has 2 aromatic rings. The minimum Gasteiger partial charge on any atom is -0.497 e. The summed E-state index contributed by atoms with van der Waals surface area (Å²) in [7, 11) is 1.72. The van der Waals surface area contributed by atoms with Gasteiger partial charge in [-0.3, -0.25) is 4.90 Å². The Morgan fingerprint density at radius 3 is 2.80 bits per heavy atom. The van der Waals surface area contributed by atoms with Crippen LogP contribution < -0.4 is 14.8 Å². The van der Waals surface area contributed by atoms with Crippen molar-refractivity contribution >= 4 is 0 Å². The van der Waals surface area contributed by atoms with Gasteiger partial charge in [-0.2, -0.15) is 0 Å². The van der Waals surface area contributed by atoms with Crippen LogP contribution in [0.15, 0.2) is 48.5 Å². The van der Waals surface area contributed by atoms with Crippen LogP contribution in [0.1, 0.15) is 30.5 Å². The predicted molar refractivity (Wildman–Crippen MR) is 102 cm³/mol. The third kappa shape index (κ3) is 4.33. The lowest BCUT2D eigenvalue weighted by atomic mass is 9.95. The van der Waals surface area contributed by atoms with Gasteiger partial charge in [0.15, 0.2) is 0 Å². The Morgan fingerprint density at radius 2 is 1.96 bits per heavy atom. The molecule has 134 valence electrons. The fraction of sp³-hybridized carbons (Fsp3) is 0.429. The number of nitrogens with zero attached hydrogens (tertiary/aromatic N) is 1. The molecule has 0 aromatic heterocycles. The minimum absolute atomic E-state index is 0.165. The number of para-hydroxylation sites is 1. The molecule has 1 unspecified atom stereocenters. The topological polar surface area (TPSA) is 33.7 Å². The molecule has 0 aliphatic carbocycles. The molecule has 1 aliphatic heterocycles. The van der Waals surface area contributed by atoms with E-state index in [-0.39, 0.29) is 6.04 Å². The van der Waals surface area contributed by atoms with Crippen LogP contribution in [0, 0.1) is 0 Å². The van der Waals surface area contributed by atoms with E-state index in [1.165, 1.54) is 11.1 Å². The van der Waals surface area contributed by atoms with Gasteiger partial charge in [-0.1, -0.05) is 30.3 Å². The molecule has 1 N–H and O–H groups in total. The molecule has 1 aliphatic rings. The Balaban J connectivity index is 2.05. The molecule has 1 heterocycles. The van der Waals surface area contributed by atoms with Crippen molar-refractivity contribution in [1.82, 2.24) is 10.2 Å². The van der Waals surface area contributed by atoms with E-state index >= 15 is 0 Å². The van der Waals surface area contributed by atoms with Crippen LogP contribution in [0.25, 0.3) is 0 Å².